The van der Waals surface area contributed by atoms with Gasteiger partial charge in [0, 0.05) is 13.5 Å². The first kappa shape index (κ1) is 30.5. The Labute approximate surface area is 231 Å². The lowest BCUT2D eigenvalue weighted by atomic mass is 9.99. The molecule has 8 heteroatoms. The van der Waals surface area contributed by atoms with E-state index >= 15 is 0 Å². The molecule has 0 bridgehead atoms. The summed E-state index contributed by atoms with van der Waals surface area (Å²) in [5, 5.41) is 0. The van der Waals surface area contributed by atoms with Crippen molar-refractivity contribution < 1.29 is 33.4 Å². The quantitative estimate of drug-likeness (QED) is 0.211. The van der Waals surface area contributed by atoms with Crippen LogP contribution in [0.1, 0.15) is 55.2 Å². The molecule has 2 aromatic rings. The molecular weight excluding hydrogens is 498 g/mol. The Balaban J connectivity index is 1.26. The van der Waals surface area contributed by atoms with E-state index in [2.05, 4.69) is 29.7 Å². The van der Waals surface area contributed by atoms with Crippen molar-refractivity contribution in [3.63, 3.8) is 0 Å². The highest BCUT2D eigenvalue weighted by molar-refractivity contribution is 5.85. The number of hydrogen-bond donors (Lipinski definition) is 1. The molecule has 1 amide bonds. The van der Waals surface area contributed by atoms with Gasteiger partial charge in [0.2, 0.25) is 0 Å². The van der Waals surface area contributed by atoms with Crippen LogP contribution in [-0.2, 0) is 52.7 Å². The van der Waals surface area contributed by atoms with E-state index in [1.54, 1.807) is 7.11 Å². The number of carbonyl (C=O) groups is 3. The average Bonchev–Trinajstić information content (AvgIpc) is 3.75. The highest BCUT2D eigenvalue weighted by Gasteiger charge is 2.51. The summed E-state index contributed by atoms with van der Waals surface area (Å²) in [4.78, 5) is 42.0. The van der Waals surface area contributed by atoms with Crippen LogP contribution >= 0.6 is 0 Å². The monoisotopic (exact) mass is 539 g/mol. The third-order valence-electron chi connectivity index (χ3n) is 6.90. The zero-order chi connectivity index (χ0) is 27.8. The molecule has 0 spiro atoms. The number of methoxy groups -OCH3 is 1. The average molecular weight is 540 g/mol. The molecule has 2 aromatic carbocycles. The molecule has 1 aliphatic rings. The second-order valence-corrected chi connectivity index (χ2v) is 10.1. The summed E-state index contributed by atoms with van der Waals surface area (Å²) in [5.74, 6) is -0.941. The first-order valence-electron chi connectivity index (χ1n) is 13.8. The Kier molecular flexibility index (Phi) is 13.1. The lowest BCUT2D eigenvalue weighted by Crippen LogP contribution is -2.32. The Hall–Kier alpha value is -3.07. The molecule has 1 N–H and O–H groups in total. The van der Waals surface area contributed by atoms with Crippen LogP contribution in [0.25, 0.3) is 0 Å². The molecular formula is C31H41NO7. The summed E-state index contributed by atoms with van der Waals surface area (Å²) < 4.78 is 15.5. The molecule has 39 heavy (non-hydrogen) atoms. The maximum absolute atomic E-state index is 12.5. The first-order chi connectivity index (χ1) is 19.0. The minimum absolute atomic E-state index is 0.0119. The van der Waals surface area contributed by atoms with E-state index in [1.807, 2.05) is 30.3 Å². The van der Waals surface area contributed by atoms with Gasteiger partial charge < -0.3 is 19.0 Å². The Morgan fingerprint density at radius 3 is 2.08 bits per heavy atom. The molecule has 0 aromatic heterocycles. The van der Waals surface area contributed by atoms with Crippen molar-refractivity contribution in [1.82, 2.24) is 5.48 Å². The number of hydrogen-bond acceptors (Lipinski definition) is 7. The summed E-state index contributed by atoms with van der Waals surface area (Å²) in [6.45, 7) is 1.71. The number of amides is 1. The lowest BCUT2D eigenvalue weighted by Gasteiger charge is -2.14. The number of ketones is 1. The minimum atomic E-state index is -0.686. The fraction of sp³-hybridized carbons (Fsp3) is 0.516. The van der Waals surface area contributed by atoms with Crippen molar-refractivity contribution in [2.45, 2.75) is 57.8 Å². The van der Waals surface area contributed by atoms with E-state index < -0.39 is 11.4 Å². The van der Waals surface area contributed by atoms with Crippen molar-refractivity contribution in [1.29, 1.82) is 0 Å². The molecule has 3 rings (SSSR count). The highest BCUT2D eigenvalue weighted by atomic mass is 16.7. The zero-order valence-corrected chi connectivity index (χ0v) is 23.0. The molecule has 0 aliphatic heterocycles. The topological polar surface area (TPSA) is 100 Å². The van der Waals surface area contributed by atoms with Gasteiger partial charge in [-0.05, 0) is 61.6 Å². The van der Waals surface area contributed by atoms with Gasteiger partial charge in [0.05, 0.1) is 38.3 Å². The van der Waals surface area contributed by atoms with E-state index in [-0.39, 0.29) is 31.1 Å². The van der Waals surface area contributed by atoms with Crippen molar-refractivity contribution >= 4 is 17.7 Å². The van der Waals surface area contributed by atoms with Gasteiger partial charge in [-0.25, -0.2) is 4.79 Å². The summed E-state index contributed by atoms with van der Waals surface area (Å²) >= 11 is 0. The third-order valence-corrected chi connectivity index (χ3v) is 6.90. The summed E-state index contributed by atoms with van der Waals surface area (Å²) in [5.41, 5.74) is 5.05. The smallest absolute Gasteiger partial charge is 0.338 e. The van der Waals surface area contributed by atoms with Gasteiger partial charge in [-0.2, -0.15) is 5.48 Å². The summed E-state index contributed by atoms with van der Waals surface area (Å²) in [6, 6.07) is 18.5. The molecule has 8 nitrogen and oxygen atoms in total. The Morgan fingerprint density at radius 1 is 0.795 bits per heavy atom. The second kappa shape index (κ2) is 16.8. The maximum atomic E-state index is 12.5. The summed E-state index contributed by atoms with van der Waals surface area (Å²) in [7, 11) is 1.60. The van der Waals surface area contributed by atoms with Crippen LogP contribution in [0.4, 0.5) is 0 Å². The number of nitrogens with one attached hydrogen (secondary N) is 1. The fourth-order valence-electron chi connectivity index (χ4n) is 4.27. The van der Waals surface area contributed by atoms with Gasteiger partial charge in [0.25, 0.3) is 5.91 Å². The number of rotatable bonds is 19. The Morgan fingerprint density at radius 2 is 1.41 bits per heavy atom. The maximum Gasteiger partial charge on any atom is 0.338 e. The molecule has 1 aliphatic carbocycles. The first-order valence-corrected chi connectivity index (χ1v) is 13.8. The van der Waals surface area contributed by atoms with Crippen LogP contribution in [-0.4, -0.2) is 57.8 Å². The number of hydroxylamine groups is 1. The van der Waals surface area contributed by atoms with Crippen LogP contribution in [0, 0.1) is 5.41 Å². The standard InChI is InChI=1S/C31H41NO7/c1-36-19-20-37-21-22-38-24-28(33)15-16-31(17-18-31)30(35)39-32-29(34)23-27-13-11-26(12-14-27)10-6-5-9-25-7-3-2-4-8-25/h2-4,7-8,11-14H,5-6,9-10,15-24H2,1H3,(H,32,34). The number of Topliss-reactive ketones (excluding diaryl/α,β-unsaturated/α-hetero) is 1. The van der Waals surface area contributed by atoms with Gasteiger partial charge in [-0.15, -0.1) is 0 Å². The number of ether oxygens (including phenoxy) is 3. The SMILES string of the molecule is COCCOCCOCC(=O)CCC1(C(=O)ONC(=O)Cc2ccc(CCCCc3ccccc3)cc2)CC1. The second-order valence-electron chi connectivity index (χ2n) is 10.1. The van der Waals surface area contributed by atoms with Crippen molar-refractivity contribution in [2.75, 3.05) is 40.1 Å². The van der Waals surface area contributed by atoms with E-state index in [0.29, 0.717) is 45.7 Å². The molecule has 0 heterocycles. The lowest BCUT2D eigenvalue weighted by molar-refractivity contribution is -0.164. The van der Waals surface area contributed by atoms with Crippen LogP contribution in [0.5, 0.6) is 0 Å². The van der Waals surface area contributed by atoms with Crippen molar-refractivity contribution in [2.24, 2.45) is 5.41 Å². The molecule has 212 valence electrons. The largest absolute Gasteiger partial charge is 0.382 e. The zero-order valence-electron chi connectivity index (χ0n) is 23.0. The molecule has 1 saturated carbocycles. The predicted octanol–water partition coefficient (Wildman–Crippen LogP) is 4.18. The van der Waals surface area contributed by atoms with Gasteiger partial charge in [0.15, 0.2) is 5.78 Å². The van der Waals surface area contributed by atoms with Crippen LogP contribution in [0.2, 0.25) is 0 Å². The van der Waals surface area contributed by atoms with Crippen molar-refractivity contribution in [3.05, 3.63) is 71.3 Å². The minimum Gasteiger partial charge on any atom is -0.382 e. The van der Waals surface area contributed by atoms with E-state index in [0.717, 1.165) is 31.2 Å². The van der Waals surface area contributed by atoms with E-state index in [4.69, 9.17) is 19.0 Å². The van der Waals surface area contributed by atoms with E-state index in [1.165, 1.54) is 11.1 Å². The van der Waals surface area contributed by atoms with Gasteiger partial charge in [-0.3, -0.25) is 9.59 Å². The molecule has 0 atom stereocenters. The van der Waals surface area contributed by atoms with Crippen LogP contribution in [0.3, 0.4) is 0 Å². The normalized spacial score (nSPS) is 13.6. The highest BCUT2D eigenvalue weighted by Crippen LogP contribution is 2.50. The third kappa shape index (κ3) is 11.7. The Bertz CT molecular complexity index is 1020. The number of carbonyl (C=O) groups excluding carboxylic acids is 3. The number of unbranched alkanes of at least 4 members (excludes halogenated alkanes) is 1. The molecule has 0 unspecified atom stereocenters. The fourth-order valence-corrected chi connectivity index (χ4v) is 4.27. The predicted molar refractivity (Wildman–Crippen MR) is 147 cm³/mol. The van der Waals surface area contributed by atoms with Crippen LogP contribution < -0.4 is 5.48 Å². The number of benzene rings is 2. The van der Waals surface area contributed by atoms with Gasteiger partial charge in [0.1, 0.15) is 6.61 Å². The van der Waals surface area contributed by atoms with Gasteiger partial charge in [-0.1, -0.05) is 54.6 Å². The van der Waals surface area contributed by atoms with E-state index in [9.17, 15) is 14.4 Å². The van der Waals surface area contributed by atoms with Gasteiger partial charge >= 0.3 is 5.97 Å². The number of aryl methyl sites for hydroxylation is 2. The molecule has 0 radical (unpaired) electrons. The van der Waals surface area contributed by atoms with Crippen LogP contribution in [0.15, 0.2) is 54.6 Å². The molecule has 0 saturated heterocycles. The molecule has 1 fully saturated rings. The summed E-state index contributed by atoms with van der Waals surface area (Å²) in [6.07, 6.45) is 6.36. The van der Waals surface area contributed by atoms with Crippen molar-refractivity contribution in [3.8, 4) is 0 Å².